The molecule has 0 atom stereocenters. The van der Waals surface area contributed by atoms with Gasteiger partial charge in [-0.15, -0.1) is 0 Å². The van der Waals surface area contributed by atoms with E-state index in [1.165, 1.54) is 7.11 Å². The molecule has 70 valence electrons. The minimum atomic E-state index is -0.0317. The molecule has 3 heteroatoms. The van der Waals surface area contributed by atoms with E-state index in [2.05, 4.69) is 6.58 Å². The molecule has 1 aromatic carbocycles. The molecule has 1 rings (SSSR count). The highest BCUT2D eigenvalue weighted by atomic mass is 16.5. The van der Waals surface area contributed by atoms with Gasteiger partial charge in [-0.1, -0.05) is 12.6 Å². The predicted octanol–water partition coefficient (Wildman–Crippen LogP) is 2.23. The van der Waals surface area contributed by atoms with Crippen molar-refractivity contribution in [3.8, 4) is 11.5 Å². The number of para-hydroxylation sites is 1. The van der Waals surface area contributed by atoms with Crippen molar-refractivity contribution in [2.24, 2.45) is 0 Å². The van der Waals surface area contributed by atoms with E-state index in [1.54, 1.807) is 25.3 Å². The van der Waals surface area contributed by atoms with Gasteiger partial charge in [0.25, 0.3) is 0 Å². The highest BCUT2D eigenvalue weighted by Gasteiger charge is 2.10. The largest absolute Gasteiger partial charge is 0.508 e. The molecule has 0 aromatic heterocycles. The summed E-state index contributed by atoms with van der Waals surface area (Å²) in [7, 11) is 3.06. The number of benzene rings is 1. The van der Waals surface area contributed by atoms with E-state index in [4.69, 9.17) is 9.47 Å². The van der Waals surface area contributed by atoms with Crippen molar-refractivity contribution in [1.82, 2.24) is 0 Å². The zero-order chi connectivity index (χ0) is 9.84. The van der Waals surface area contributed by atoms with Crippen LogP contribution in [-0.4, -0.2) is 19.3 Å². The van der Waals surface area contributed by atoms with Crippen LogP contribution in [0.5, 0.6) is 11.5 Å². The SMILES string of the molecule is C=C(O)c1cccc(OC)c1OC. The molecule has 0 bridgehead atoms. The predicted molar refractivity (Wildman–Crippen MR) is 51.2 cm³/mol. The highest BCUT2D eigenvalue weighted by Crippen LogP contribution is 2.33. The summed E-state index contributed by atoms with van der Waals surface area (Å²) >= 11 is 0. The van der Waals surface area contributed by atoms with Gasteiger partial charge < -0.3 is 14.6 Å². The van der Waals surface area contributed by atoms with E-state index in [0.29, 0.717) is 17.1 Å². The number of hydrogen-bond donors (Lipinski definition) is 1. The standard InChI is InChI=1S/C10H12O3/c1-7(11)8-5-4-6-9(12-2)10(8)13-3/h4-6,11H,1H2,2-3H3. The maximum Gasteiger partial charge on any atom is 0.171 e. The van der Waals surface area contributed by atoms with Crippen molar-refractivity contribution < 1.29 is 14.6 Å². The minimum absolute atomic E-state index is 0.0317. The fourth-order valence-electron chi connectivity index (χ4n) is 1.11. The second-order valence-corrected chi connectivity index (χ2v) is 2.49. The lowest BCUT2D eigenvalue weighted by atomic mass is 10.1. The fourth-order valence-corrected chi connectivity index (χ4v) is 1.11. The summed E-state index contributed by atoms with van der Waals surface area (Å²) in [6.45, 7) is 3.43. The molecule has 0 aliphatic rings. The molecule has 0 aliphatic heterocycles. The lowest BCUT2D eigenvalue weighted by Crippen LogP contribution is -1.94. The summed E-state index contributed by atoms with van der Waals surface area (Å²) in [5, 5.41) is 9.23. The Morgan fingerprint density at radius 3 is 2.46 bits per heavy atom. The third-order valence-electron chi connectivity index (χ3n) is 1.71. The Bertz CT molecular complexity index is 318. The van der Waals surface area contributed by atoms with Crippen molar-refractivity contribution in [2.45, 2.75) is 0 Å². The fraction of sp³-hybridized carbons (Fsp3) is 0.200. The quantitative estimate of drug-likeness (QED) is 0.725. The summed E-state index contributed by atoms with van der Waals surface area (Å²) < 4.78 is 10.1. The van der Waals surface area contributed by atoms with E-state index in [9.17, 15) is 5.11 Å². The van der Waals surface area contributed by atoms with Crippen molar-refractivity contribution in [3.05, 3.63) is 30.3 Å². The maximum atomic E-state index is 9.23. The van der Waals surface area contributed by atoms with Gasteiger partial charge in [0.15, 0.2) is 11.5 Å². The molecule has 0 saturated carbocycles. The zero-order valence-corrected chi connectivity index (χ0v) is 7.70. The topological polar surface area (TPSA) is 38.7 Å². The van der Waals surface area contributed by atoms with Crippen LogP contribution in [0.15, 0.2) is 24.8 Å². The second-order valence-electron chi connectivity index (χ2n) is 2.49. The lowest BCUT2D eigenvalue weighted by Gasteiger charge is -2.10. The van der Waals surface area contributed by atoms with Gasteiger partial charge in [0, 0.05) is 0 Å². The first-order valence-electron chi connectivity index (χ1n) is 3.80. The van der Waals surface area contributed by atoms with Crippen molar-refractivity contribution in [2.75, 3.05) is 14.2 Å². The molecule has 0 radical (unpaired) electrons. The molecule has 1 aromatic rings. The molecular formula is C10H12O3. The Morgan fingerprint density at radius 1 is 1.31 bits per heavy atom. The van der Waals surface area contributed by atoms with Gasteiger partial charge in [0.2, 0.25) is 0 Å². The van der Waals surface area contributed by atoms with Crippen LogP contribution in [0.4, 0.5) is 0 Å². The lowest BCUT2D eigenvalue weighted by molar-refractivity contribution is 0.352. The number of rotatable bonds is 3. The van der Waals surface area contributed by atoms with Gasteiger partial charge in [0.05, 0.1) is 19.8 Å². The molecule has 0 saturated heterocycles. The van der Waals surface area contributed by atoms with Crippen molar-refractivity contribution in [3.63, 3.8) is 0 Å². The summed E-state index contributed by atoms with van der Waals surface area (Å²) in [4.78, 5) is 0. The van der Waals surface area contributed by atoms with E-state index in [-0.39, 0.29) is 5.76 Å². The number of hydrogen-bond acceptors (Lipinski definition) is 3. The van der Waals surface area contributed by atoms with E-state index in [0.717, 1.165) is 0 Å². The van der Waals surface area contributed by atoms with Crippen LogP contribution in [-0.2, 0) is 0 Å². The average Bonchev–Trinajstić information content (AvgIpc) is 2.16. The van der Waals surface area contributed by atoms with Gasteiger partial charge in [0.1, 0.15) is 5.76 Å². The molecule has 0 amide bonds. The van der Waals surface area contributed by atoms with Gasteiger partial charge >= 0.3 is 0 Å². The van der Waals surface area contributed by atoms with Gasteiger partial charge in [-0.3, -0.25) is 0 Å². The molecule has 3 nitrogen and oxygen atoms in total. The molecule has 0 aliphatic carbocycles. The molecule has 0 unspecified atom stereocenters. The molecule has 0 spiro atoms. The number of aliphatic hydroxyl groups excluding tert-OH is 1. The van der Waals surface area contributed by atoms with Crippen molar-refractivity contribution >= 4 is 5.76 Å². The number of aliphatic hydroxyl groups is 1. The summed E-state index contributed by atoms with van der Waals surface area (Å²) in [6.07, 6.45) is 0. The zero-order valence-electron chi connectivity index (χ0n) is 7.70. The van der Waals surface area contributed by atoms with Gasteiger partial charge in [-0.05, 0) is 12.1 Å². The molecule has 13 heavy (non-hydrogen) atoms. The summed E-state index contributed by atoms with van der Waals surface area (Å²) in [5.74, 6) is 1.04. The minimum Gasteiger partial charge on any atom is -0.508 e. The van der Waals surface area contributed by atoms with E-state index < -0.39 is 0 Å². The van der Waals surface area contributed by atoms with Crippen LogP contribution in [0.1, 0.15) is 5.56 Å². The Morgan fingerprint density at radius 2 is 2.00 bits per heavy atom. The third-order valence-corrected chi connectivity index (χ3v) is 1.71. The molecule has 1 N–H and O–H groups in total. The first kappa shape index (κ1) is 9.45. The first-order valence-corrected chi connectivity index (χ1v) is 3.80. The van der Waals surface area contributed by atoms with Crippen LogP contribution in [0, 0.1) is 0 Å². The first-order chi connectivity index (χ1) is 6.20. The van der Waals surface area contributed by atoms with E-state index in [1.807, 2.05) is 0 Å². The average molecular weight is 180 g/mol. The van der Waals surface area contributed by atoms with Crippen LogP contribution in [0.25, 0.3) is 5.76 Å². The third kappa shape index (κ3) is 1.75. The van der Waals surface area contributed by atoms with Crippen molar-refractivity contribution in [1.29, 1.82) is 0 Å². The Labute approximate surface area is 77.2 Å². The Hall–Kier alpha value is -1.64. The van der Waals surface area contributed by atoms with Gasteiger partial charge in [-0.25, -0.2) is 0 Å². The number of methoxy groups -OCH3 is 2. The monoisotopic (exact) mass is 180 g/mol. The normalized spacial score (nSPS) is 9.38. The molecular weight excluding hydrogens is 168 g/mol. The summed E-state index contributed by atoms with van der Waals surface area (Å²) in [5.41, 5.74) is 0.543. The van der Waals surface area contributed by atoms with Gasteiger partial charge in [-0.2, -0.15) is 0 Å². The van der Waals surface area contributed by atoms with E-state index >= 15 is 0 Å². The second kappa shape index (κ2) is 3.85. The van der Waals surface area contributed by atoms with Crippen LogP contribution in [0.3, 0.4) is 0 Å². The van der Waals surface area contributed by atoms with Crippen LogP contribution >= 0.6 is 0 Å². The summed E-state index contributed by atoms with van der Waals surface area (Å²) in [6, 6.07) is 5.23. The Kier molecular flexibility index (Phi) is 2.80. The van der Waals surface area contributed by atoms with Crippen LogP contribution < -0.4 is 9.47 Å². The number of ether oxygens (including phenoxy) is 2. The van der Waals surface area contributed by atoms with Crippen LogP contribution in [0.2, 0.25) is 0 Å². The Balaban J connectivity index is 3.27. The highest BCUT2D eigenvalue weighted by molar-refractivity contribution is 5.66. The maximum absolute atomic E-state index is 9.23. The smallest absolute Gasteiger partial charge is 0.171 e. The molecule has 0 fully saturated rings. The molecule has 0 heterocycles.